The molecule has 0 aromatic heterocycles. The Morgan fingerprint density at radius 3 is 2.47 bits per heavy atom. The molecule has 0 heterocycles. The maximum atomic E-state index is 11.4. The number of carbonyl (C=O) groups excluding carboxylic acids is 1. The van der Waals surface area contributed by atoms with Gasteiger partial charge in [0.1, 0.15) is 5.75 Å². The van der Waals surface area contributed by atoms with E-state index in [2.05, 4.69) is 15.9 Å². The Hall–Kier alpha value is -0.680. The molecule has 15 heavy (non-hydrogen) atoms. The maximum absolute atomic E-state index is 11.4. The first kappa shape index (κ1) is 12.4. The van der Waals surface area contributed by atoms with Gasteiger partial charge in [0, 0.05) is 17.1 Å². The summed E-state index contributed by atoms with van der Waals surface area (Å²) in [5.74, 6) is -0.682. The molecule has 1 aromatic carbocycles. The molecule has 5 heteroatoms. The molecule has 0 N–H and O–H groups in total. The van der Waals surface area contributed by atoms with E-state index < -0.39 is 15.6 Å². The zero-order valence-corrected chi connectivity index (χ0v) is 10.6. The van der Waals surface area contributed by atoms with Crippen molar-refractivity contribution >= 4 is 31.6 Å². The quantitative estimate of drug-likeness (QED) is 0.846. The Balaban J connectivity index is 2.72. The fraction of sp³-hybridized carbons (Fsp3) is 0.300. The molecule has 1 aromatic rings. The number of hydrogen-bond acceptors (Lipinski definition) is 3. The summed E-state index contributed by atoms with van der Waals surface area (Å²) in [4.78, 5) is 11.4. The average Bonchev–Trinajstić information content (AvgIpc) is 2.05. The molecule has 0 fully saturated rings. The predicted octanol–water partition coefficient (Wildman–Crippen LogP) is 1.61. The molecule has 82 valence electrons. The fourth-order valence-electron chi connectivity index (χ4n) is 1.20. The van der Waals surface area contributed by atoms with Crippen LogP contribution in [0.5, 0.6) is 0 Å². The highest BCUT2D eigenvalue weighted by Gasteiger charge is 2.12. The van der Waals surface area contributed by atoms with Crippen LogP contribution in [0, 0.1) is 0 Å². The second-order valence-corrected chi connectivity index (χ2v) is 6.37. The Morgan fingerprint density at radius 1 is 1.33 bits per heavy atom. The van der Waals surface area contributed by atoms with E-state index in [1.165, 1.54) is 0 Å². The molecule has 0 spiro atoms. The third-order valence-corrected chi connectivity index (χ3v) is 3.39. The van der Waals surface area contributed by atoms with Crippen LogP contribution in [0.2, 0.25) is 0 Å². The summed E-state index contributed by atoms with van der Waals surface area (Å²) < 4.78 is 22.6. The number of halogens is 1. The summed E-state index contributed by atoms with van der Waals surface area (Å²) >= 11 is 3.30. The van der Waals surface area contributed by atoms with Gasteiger partial charge in [-0.1, -0.05) is 34.1 Å². The number of benzene rings is 1. The van der Waals surface area contributed by atoms with Crippen molar-refractivity contribution < 1.29 is 13.2 Å². The summed E-state index contributed by atoms with van der Waals surface area (Å²) in [5, 5.41) is 0. The molecule has 1 rings (SSSR count). The predicted molar refractivity (Wildman–Crippen MR) is 62.6 cm³/mol. The van der Waals surface area contributed by atoms with E-state index in [1.807, 2.05) is 18.2 Å². The third-order valence-electron chi connectivity index (χ3n) is 1.77. The van der Waals surface area contributed by atoms with Gasteiger partial charge >= 0.3 is 0 Å². The zero-order valence-electron chi connectivity index (χ0n) is 8.23. The summed E-state index contributed by atoms with van der Waals surface area (Å²) in [6.07, 6.45) is 1.21. The van der Waals surface area contributed by atoms with E-state index in [0.717, 1.165) is 16.3 Å². The SMILES string of the molecule is CS(=O)(=O)CC(=O)Cc1ccccc1Br. The molecule has 0 saturated carbocycles. The van der Waals surface area contributed by atoms with Crippen molar-refractivity contribution in [2.75, 3.05) is 12.0 Å². The molecule has 0 saturated heterocycles. The molecule has 0 aliphatic heterocycles. The molecule has 3 nitrogen and oxygen atoms in total. The molecular formula is C10H11BrO3S. The molecule has 0 amide bonds. The van der Waals surface area contributed by atoms with Gasteiger partial charge in [-0.15, -0.1) is 0 Å². The van der Waals surface area contributed by atoms with Crippen molar-refractivity contribution in [3.05, 3.63) is 34.3 Å². The van der Waals surface area contributed by atoms with E-state index >= 15 is 0 Å². The lowest BCUT2D eigenvalue weighted by Gasteiger charge is -2.02. The maximum Gasteiger partial charge on any atom is 0.154 e. The summed E-state index contributed by atoms with van der Waals surface area (Å²) in [5.41, 5.74) is 0.811. The third kappa shape index (κ3) is 4.57. The highest BCUT2D eigenvalue weighted by molar-refractivity contribution is 9.10. The van der Waals surface area contributed by atoms with Crippen molar-refractivity contribution in [3.8, 4) is 0 Å². The normalized spacial score (nSPS) is 11.3. The minimum atomic E-state index is -3.22. The standard InChI is InChI=1S/C10H11BrO3S/c1-15(13,14)7-9(12)6-8-4-2-3-5-10(8)11/h2-5H,6-7H2,1H3. The first-order valence-electron chi connectivity index (χ1n) is 4.31. The average molecular weight is 291 g/mol. The summed E-state index contributed by atoms with van der Waals surface area (Å²) in [7, 11) is -3.22. The minimum absolute atomic E-state index is 0.147. The van der Waals surface area contributed by atoms with Crippen molar-refractivity contribution in [2.24, 2.45) is 0 Å². The second-order valence-electron chi connectivity index (χ2n) is 3.38. The van der Waals surface area contributed by atoms with Crippen LogP contribution in [0.3, 0.4) is 0 Å². The van der Waals surface area contributed by atoms with Gasteiger partial charge in [-0.05, 0) is 11.6 Å². The lowest BCUT2D eigenvalue weighted by molar-refractivity contribution is -0.116. The Labute approximate surface area is 97.5 Å². The molecule has 0 bridgehead atoms. The Bertz CT molecular complexity index is 465. The van der Waals surface area contributed by atoms with Gasteiger partial charge in [0.25, 0.3) is 0 Å². The number of sulfone groups is 1. The van der Waals surface area contributed by atoms with Crippen LogP contribution in [0.1, 0.15) is 5.56 Å². The van der Waals surface area contributed by atoms with Gasteiger partial charge in [-0.25, -0.2) is 8.42 Å². The molecule has 0 aliphatic rings. The highest BCUT2D eigenvalue weighted by Crippen LogP contribution is 2.16. The van der Waals surface area contributed by atoms with Crippen LogP contribution in [-0.2, 0) is 21.1 Å². The van der Waals surface area contributed by atoms with Crippen molar-refractivity contribution in [2.45, 2.75) is 6.42 Å². The monoisotopic (exact) mass is 290 g/mol. The van der Waals surface area contributed by atoms with Gasteiger partial charge in [-0.2, -0.15) is 0 Å². The van der Waals surface area contributed by atoms with E-state index in [1.54, 1.807) is 6.07 Å². The first-order chi connectivity index (χ1) is 6.88. The van der Waals surface area contributed by atoms with Crippen LogP contribution in [0.15, 0.2) is 28.7 Å². The largest absolute Gasteiger partial charge is 0.298 e. The van der Waals surface area contributed by atoms with Crippen molar-refractivity contribution in [3.63, 3.8) is 0 Å². The van der Waals surface area contributed by atoms with Crippen LogP contribution in [0.25, 0.3) is 0 Å². The van der Waals surface area contributed by atoms with Crippen LogP contribution in [-0.4, -0.2) is 26.2 Å². The van der Waals surface area contributed by atoms with Crippen molar-refractivity contribution in [1.29, 1.82) is 0 Å². The smallest absolute Gasteiger partial charge is 0.154 e. The van der Waals surface area contributed by atoms with Gasteiger partial charge < -0.3 is 0 Å². The Kier molecular flexibility index (Phi) is 4.04. The highest BCUT2D eigenvalue weighted by atomic mass is 79.9. The second kappa shape index (κ2) is 4.90. The summed E-state index contributed by atoms with van der Waals surface area (Å²) in [6, 6.07) is 7.27. The number of rotatable bonds is 4. The molecule has 0 atom stereocenters. The van der Waals surface area contributed by atoms with Crippen LogP contribution < -0.4 is 0 Å². The number of ketones is 1. The van der Waals surface area contributed by atoms with E-state index in [9.17, 15) is 13.2 Å². The van der Waals surface area contributed by atoms with Crippen molar-refractivity contribution in [1.82, 2.24) is 0 Å². The molecule has 0 aliphatic carbocycles. The van der Waals surface area contributed by atoms with Gasteiger partial charge in [0.05, 0.1) is 0 Å². The van der Waals surface area contributed by atoms with E-state index in [4.69, 9.17) is 0 Å². The summed E-state index contributed by atoms with van der Waals surface area (Å²) in [6.45, 7) is 0. The molecule has 0 unspecified atom stereocenters. The van der Waals surface area contributed by atoms with Crippen LogP contribution in [0.4, 0.5) is 0 Å². The lowest BCUT2D eigenvalue weighted by Crippen LogP contribution is -2.16. The van der Waals surface area contributed by atoms with E-state index in [-0.39, 0.29) is 12.2 Å². The van der Waals surface area contributed by atoms with Crippen LogP contribution >= 0.6 is 15.9 Å². The lowest BCUT2D eigenvalue weighted by atomic mass is 10.1. The molecular weight excluding hydrogens is 280 g/mol. The van der Waals surface area contributed by atoms with Gasteiger partial charge in [0.2, 0.25) is 0 Å². The number of carbonyl (C=O) groups is 1. The number of hydrogen-bond donors (Lipinski definition) is 0. The zero-order chi connectivity index (χ0) is 11.5. The molecule has 0 radical (unpaired) electrons. The Morgan fingerprint density at radius 2 is 1.93 bits per heavy atom. The number of Topliss-reactive ketones (excluding diaryl/α,β-unsaturated/α-hetero) is 1. The minimum Gasteiger partial charge on any atom is -0.298 e. The topological polar surface area (TPSA) is 51.2 Å². The van der Waals surface area contributed by atoms with E-state index in [0.29, 0.717) is 0 Å². The van der Waals surface area contributed by atoms with Gasteiger partial charge in [0.15, 0.2) is 15.6 Å². The van der Waals surface area contributed by atoms with Gasteiger partial charge in [-0.3, -0.25) is 4.79 Å². The first-order valence-corrected chi connectivity index (χ1v) is 7.16. The fourth-order valence-corrected chi connectivity index (χ4v) is 2.31.